The van der Waals surface area contributed by atoms with Crippen LogP contribution in [0.25, 0.3) is 10.9 Å². The van der Waals surface area contributed by atoms with Crippen LogP contribution in [0.1, 0.15) is 12.5 Å². The van der Waals surface area contributed by atoms with E-state index in [1.807, 2.05) is 12.1 Å². The van der Waals surface area contributed by atoms with Crippen molar-refractivity contribution in [3.8, 4) is 5.75 Å². The third-order valence-electron chi connectivity index (χ3n) is 3.44. The van der Waals surface area contributed by atoms with Crippen molar-refractivity contribution in [2.24, 2.45) is 12.0 Å². The van der Waals surface area contributed by atoms with Gasteiger partial charge in [0, 0.05) is 18.5 Å². The minimum absolute atomic E-state index is 0.0431. The number of pyridine rings is 1. The Morgan fingerprint density at radius 2 is 2.05 bits per heavy atom. The van der Waals surface area contributed by atoms with Crippen molar-refractivity contribution in [3.63, 3.8) is 0 Å². The van der Waals surface area contributed by atoms with Crippen LogP contribution < -0.4 is 5.56 Å². The first-order valence-corrected chi connectivity index (χ1v) is 6.48. The van der Waals surface area contributed by atoms with Crippen molar-refractivity contribution in [3.05, 3.63) is 58.8 Å². The second-order valence-electron chi connectivity index (χ2n) is 4.78. The molecule has 0 saturated carbocycles. The van der Waals surface area contributed by atoms with E-state index in [0.29, 0.717) is 22.3 Å². The van der Waals surface area contributed by atoms with Crippen LogP contribution in [0.2, 0.25) is 0 Å². The zero-order valence-electron chi connectivity index (χ0n) is 11.7. The number of para-hydroxylation sites is 1. The molecule has 2 aromatic heterocycles. The quantitative estimate of drug-likeness (QED) is 0.735. The first-order valence-electron chi connectivity index (χ1n) is 6.48. The van der Waals surface area contributed by atoms with Crippen LogP contribution in [0.15, 0.2) is 57.1 Å². The molecule has 0 bridgehead atoms. The Morgan fingerprint density at radius 3 is 2.76 bits per heavy atom. The van der Waals surface area contributed by atoms with Gasteiger partial charge in [0.25, 0.3) is 5.56 Å². The Bertz CT molecular complexity index is 890. The summed E-state index contributed by atoms with van der Waals surface area (Å²) >= 11 is 0. The molecule has 2 heterocycles. The summed E-state index contributed by atoms with van der Waals surface area (Å²) in [5.74, 6) is -0.0431. The van der Waals surface area contributed by atoms with Gasteiger partial charge in [-0.15, -0.1) is 0 Å². The lowest BCUT2D eigenvalue weighted by molar-refractivity contribution is 0.478. The van der Waals surface area contributed by atoms with Gasteiger partial charge < -0.3 is 14.1 Å². The highest BCUT2D eigenvalue weighted by Gasteiger charge is 2.16. The maximum Gasteiger partial charge on any atom is 0.263 e. The second kappa shape index (κ2) is 4.94. The summed E-state index contributed by atoms with van der Waals surface area (Å²) in [7, 11) is 1.68. The van der Waals surface area contributed by atoms with Gasteiger partial charge in [0.2, 0.25) is 0 Å². The van der Waals surface area contributed by atoms with Crippen LogP contribution in [0.3, 0.4) is 0 Å². The van der Waals surface area contributed by atoms with Gasteiger partial charge in [-0.1, -0.05) is 12.1 Å². The van der Waals surface area contributed by atoms with Crippen molar-refractivity contribution in [2.45, 2.75) is 6.92 Å². The Kier molecular flexibility index (Phi) is 3.10. The number of aromatic nitrogens is 1. The molecule has 0 atom stereocenters. The maximum atomic E-state index is 12.5. The number of aliphatic imine (C=N–C) groups is 1. The van der Waals surface area contributed by atoms with Crippen molar-refractivity contribution in [2.75, 3.05) is 0 Å². The number of furan rings is 1. The monoisotopic (exact) mass is 282 g/mol. The largest absolute Gasteiger partial charge is 0.506 e. The fourth-order valence-electron chi connectivity index (χ4n) is 2.38. The highest BCUT2D eigenvalue weighted by molar-refractivity contribution is 6.06. The summed E-state index contributed by atoms with van der Waals surface area (Å²) in [5, 5.41) is 11.1. The topological polar surface area (TPSA) is 67.7 Å². The van der Waals surface area contributed by atoms with E-state index in [1.165, 1.54) is 17.1 Å². The molecule has 1 aromatic carbocycles. The average Bonchev–Trinajstić information content (AvgIpc) is 2.98. The van der Waals surface area contributed by atoms with E-state index < -0.39 is 0 Å². The van der Waals surface area contributed by atoms with Gasteiger partial charge in [-0.2, -0.15) is 0 Å². The smallest absolute Gasteiger partial charge is 0.263 e. The minimum Gasteiger partial charge on any atom is -0.506 e. The fourth-order valence-corrected chi connectivity index (χ4v) is 2.38. The number of benzene rings is 1. The molecule has 0 aliphatic heterocycles. The number of hydrogen-bond donors (Lipinski definition) is 1. The number of aromatic hydroxyl groups is 1. The molecule has 21 heavy (non-hydrogen) atoms. The van der Waals surface area contributed by atoms with Gasteiger partial charge in [0.05, 0.1) is 17.5 Å². The van der Waals surface area contributed by atoms with E-state index in [-0.39, 0.29) is 16.9 Å². The van der Waals surface area contributed by atoms with Crippen LogP contribution in [0.4, 0.5) is 5.69 Å². The number of hydrogen-bond acceptors (Lipinski definition) is 4. The Morgan fingerprint density at radius 1 is 1.29 bits per heavy atom. The lowest BCUT2D eigenvalue weighted by atomic mass is 10.1. The highest BCUT2D eigenvalue weighted by atomic mass is 16.3. The SMILES string of the molecule is CC(=Nc1ccoc1)c1c(O)c2ccccc2n(C)c1=O. The predicted octanol–water partition coefficient (Wildman–Crippen LogP) is 2.98. The Balaban J connectivity index is 2.31. The van der Waals surface area contributed by atoms with Crippen molar-refractivity contribution < 1.29 is 9.52 Å². The second-order valence-corrected chi connectivity index (χ2v) is 4.78. The molecule has 3 rings (SSSR count). The van der Waals surface area contributed by atoms with E-state index >= 15 is 0 Å². The highest BCUT2D eigenvalue weighted by Crippen LogP contribution is 2.27. The molecular weight excluding hydrogens is 268 g/mol. The molecule has 3 aromatic rings. The molecule has 0 radical (unpaired) electrons. The van der Waals surface area contributed by atoms with Crippen LogP contribution in [-0.2, 0) is 7.05 Å². The van der Waals surface area contributed by atoms with Crippen molar-refractivity contribution >= 4 is 22.3 Å². The summed E-state index contributed by atoms with van der Waals surface area (Å²) in [6, 6.07) is 8.90. The molecule has 0 aliphatic carbocycles. The van der Waals surface area contributed by atoms with E-state index in [1.54, 1.807) is 32.2 Å². The van der Waals surface area contributed by atoms with Gasteiger partial charge in [0.1, 0.15) is 23.3 Å². The van der Waals surface area contributed by atoms with Gasteiger partial charge in [-0.3, -0.25) is 4.79 Å². The molecule has 0 spiro atoms. The summed E-state index contributed by atoms with van der Waals surface area (Å²) in [6.07, 6.45) is 2.98. The molecule has 1 N–H and O–H groups in total. The molecule has 0 saturated heterocycles. The zero-order chi connectivity index (χ0) is 15.0. The van der Waals surface area contributed by atoms with Gasteiger partial charge in [-0.25, -0.2) is 4.99 Å². The standard InChI is InChI=1S/C16H14N2O3/c1-10(17-11-7-8-21-9-11)14-15(19)12-5-3-4-6-13(12)18(2)16(14)20/h3-9,19H,1-2H3. The van der Waals surface area contributed by atoms with Crippen molar-refractivity contribution in [1.29, 1.82) is 0 Å². The van der Waals surface area contributed by atoms with Crippen LogP contribution in [0.5, 0.6) is 5.75 Å². The molecule has 0 amide bonds. The molecule has 0 aliphatic rings. The number of fused-ring (bicyclic) bond motifs is 1. The van der Waals surface area contributed by atoms with Crippen LogP contribution in [-0.4, -0.2) is 15.4 Å². The van der Waals surface area contributed by atoms with Crippen LogP contribution >= 0.6 is 0 Å². The first kappa shape index (κ1) is 13.2. The summed E-state index contributed by atoms with van der Waals surface area (Å²) in [6.45, 7) is 1.69. The zero-order valence-corrected chi connectivity index (χ0v) is 11.7. The van der Waals surface area contributed by atoms with E-state index in [4.69, 9.17) is 4.42 Å². The molecule has 0 unspecified atom stereocenters. The molecule has 106 valence electrons. The van der Waals surface area contributed by atoms with Crippen molar-refractivity contribution in [1.82, 2.24) is 4.57 Å². The lowest BCUT2D eigenvalue weighted by Crippen LogP contribution is -2.24. The van der Waals surface area contributed by atoms with Gasteiger partial charge in [-0.05, 0) is 19.1 Å². The Hall–Kier alpha value is -2.82. The first-order chi connectivity index (χ1) is 10.1. The summed E-state index contributed by atoms with van der Waals surface area (Å²) < 4.78 is 6.47. The minimum atomic E-state index is -0.282. The van der Waals surface area contributed by atoms with Gasteiger partial charge >= 0.3 is 0 Å². The predicted molar refractivity (Wildman–Crippen MR) is 81.4 cm³/mol. The third kappa shape index (κ3) is 2.12. The van der Waals surface area contributed by atoms with E-state index in [9.17, 15) is 9.90 Å². The number of aryl methyl sites for hydroxylation is 1. The normalized spacial score (nSPS) is 12.0. The van der Waals surface area contributed by atoms with Gasteiger partial charge in [0.15, 0.2) is 0 Å². The average molecular weight is 282 g/mol. The summed E-state index contributed by atoms with van der Waals surface area (Å²) in [4.78, 5) is 16.8. The number of nitrogens with zero attached hydrogens (tertiary/aromatic N) is 2. The maximum absolute atomic E-state index is 12.5. The summed E-state index contributed by atoms with van der Waals surface area (Å²) in [5.41, 5.74) is 1.65. The molecule has 5 nitrogen and oxygen atoms in total. The number of rotatable bonds is 2. The molecular formula is C16H14N2O3. The lowest BCUT2D eigenvalue weighted by Gasteiger charge is -2.11. The molecule has 5 heteroatoms. The Labute approximate surface area is 120 Å². The van der Waals surface area contributed by atoms with Crippen LogP contribution in [0, 0.1) is 0 Å². The molecule has 0 fully saturated rings. The van der Waals surface area contributed by atoms with E-state index in [2.05, 4.69) is 4.99 Å². The fraction of sp³-hybridized carbons (Fsp3) is 0.125. The van der Waals surface area contributed by atoms with E-state index in [0.717, 1.165) is 0 Å². The third-order valence-corrected chi connectivity index (χ3v) is 3.44.